The van der Waals surface area contributed by atoms with Crippen LogP contribution in [0.3, 0.4) is 0 Å². The van der Waals surface area contributed by atoms with E-state index < -0.39 is 22.5 Å². The number of hydrogen-bond donors (Lipinski definition) is 2. The van der Waals surface area contributed by atoms with Crippen molar-refractivity contribution in [1.29, 1.82) is 0 Å². The lowest BCUT2D eigenvalue weighted by atomic mass is 10.1. The monoisotopic (exact) mass is 535 g/mol. The van der Waals surface area contributed by atoms with Crippen LogP contribution < -0.4 is 19.9 Å². The Kier molecular flexibility index (Phi) is 6.73. The molecule has 38 heavy (non-hydrogen) atoms. The molecule has 0 aromatic heterocycles. The molecule has 0 spiro atoms. The smallest absolute Gasteiger partial charge is 0.387 e. The predicted octanol–water partition coefficient (Wildman–Crippen LogP) is 5.45. The van der Waals surface area contributed by atoms with Crippen LogP contribution >= 0.6 is 0 Å². The maximum Gasteiger partial charge on any atom is 0.387 e. The van der Waals surface area contributed by atoms with Gasteiger partial charge in [0.2, 0.25) is 0 Å². The van der Waals surface area contributed by atoms with E-state index in [0.717, 1.165) is 10.9 Å². The molecule has 7 nitrogen and oxygen atoms in total. The second-order valence-corrected chi connectivity index (χ2v) is 10.4. The SMILES string of the molecule is C/C=C(\NNC(=O)c1ccc(CN2c3cccc4cccc(c34)S2(=O)=O)cc1)c1ccc(OC(F)F)cc1. The number of ether oxygens (including phenoxy) is 1. The average molecular weight is 536 g/mol. The number of hydrogen-bond acceptors (Lipinski definition) is 5. The minimum atomic E-state index is -3.69. The molecule has 4 aromatic rings. The molecule has 1 heterocycles. The van der Waals surface area contributed by atoms with Gasteiger partial charge in [-0.15, -0.1) is 0 Å². The molecule has 0 saturated heterocycles. The number of carbonyl (C=O) groups excluding carboxylic acids is 1. The van der Waals surface area contributed by atoms with Crippen molar-refractivity contribution in [3.8, 4) is 5.75 Å². The number of nitrogens with zero attached hydrogens (tertiary/aromatic N) is 1. The van der Waals surface area contributed by atoms with Crippen LogP contribution in [0.2, 0.25) is 0 Å². The fraction of sp³-hybridized carbons (Fsp3) is 0.107. The molecule has 194 valence electrons. The van der Waals surface area contributed by atoms with Gasteiger partial charge in [-0.1, -0.05) is 42.5 Å². The highest BCUT2D eigenvalue weighted by Crippen LogP contribution is 2.42. The summed E-state index contributed by atoms with van der Waals surface area (Å²) in [6.45, 7) is -1.02. The maximum atomic E-state index is 13.2. The normalized spacial score (nSPS) is 14.1. The van der Waals surface area contributed by atoms with E-state index in [1.165, 1.54) is 16.4 Å². The molecule has 10 heteroatoms. The first-order chi connectivity index (χ1) is 18.3. The first kappa shape index (κ1) is 25.2. The molecule has 0 aliphatic carbocycles. The van der Waals surface area contributed by atoms with Gasteiger partial charge in [0.1, 0.15) is 5.75 Å². The maximum absolute atomic E-state index is 13.2. The van der Waals surface area contributed by atoms with Gasteiger partial charge in [-0.25, -0.2) is 8.42 Å². The number of anilines is 1. The number of benzene rings is 4. The van der Waals surface area contributed by atoms with Crippen molar-refractivity contribution in [2.45, 2.75) is 25.0 Å². The first-order valence-electron chi connectivity index (χ1n) is 11.7. The van der Waals surface area contributed by atoms with Gasteiger partial charge in [0.25, 0.3) is 15.9 Å². The molecule has 0 atom stereocenters. The van der Waals surface area contributed by atoms with Crippen LogP contribution in [0.15, 0.2) is 95.9 Å². The van der Waals surface area contributed by atoms with Crippen LogP contribution in [-0.2, 0) is 16.6 Å². The zero-order valence-electron chi connectivity index (χ0n) is 20.2. The number of rotatable bonds is 8. The molecule has 1 aliphatic rings. The van der Waals surface area contributed by atoms with Gasteiger partial charge in [0.05, 0.1) is 22.8 Å². The van der Waals surface area contributed by atoms with E-state index in [1.807, 2.05) is 18.2 Å². The number of sulfonamides is 1. The number of halogens is 2. The lowest BCUT2D eigenvalue weighted by Crippen LogP contribution is -2.36. The highest BCUT2D eigenvalue weighted by atomic mass is 32.2. The summed E-state index contributed by atoms with van der Waals surface area (Å²) in [6, 6.07) is 23.4. The lowest BCUT2D eigenvalue weighted by molar-refractivity contribution is -0.0498. The molecule has 0 unspecified atom stereocenters. The highest BCUT2D eigenvalue weighted by Gasteiger charge is 2.35. The summed E-state index contributed by atoms with van der Waals surface area (Å²) < 4.78 is 56.9. The van der Waals surface area contributed by atoms with E-state index in [0.29, 0.717) is 32.8 Å². The molecule has 4 aromatic carbocycles. The number of nitrogens with one attached hydrogen (secondary N) is 2. The van der Waals surface area contributed by atoms with Crippen LogP contribution in [0.1, 0.15) is 28.4 Å². The second-order valence-electron chi connectivity index (χ2n) is 8.52. The summed E-state index contributed by atoms with van der Waals surface area (Å²) in [5.74, 6) is -0.370. The van der Waals surface area contributed by atoms with Gasteiger partial charge in [0.15, 0.2) is 0 Å². The highest BCUT2D eigenvalue weighted by molar-refractivity contribution is 7.93. The largest absolute Gasteiger partial charge is 0.435 e. The summed E-state index contributed by atoms with van der Waals surface area (Å²) in [5.41, 5.74) is 8.40. The van der Waals surface area contributed by atoms with Crippen molar-refractivity contribution in [1.82, 2.24) is 10.9 Å². The Labute approximate surface area is 218 Å². The van der Waals surface area contributed by atoms with Gasteiger partial charge in [0, 0.05) is 10.9 Å². The van der Waals surface area contributed by atoms with Gasteiger partial charge in [-0.3, -0.25) is 20.0 Å². The Morgan fingerprint density at radius 2 is 1.58 bits per heavy atom. The molecule has 5 rings (SSSR count). The van der Waals surface area contributed by atoms with E-state index >= 15 is 0 Å². The molecule has 1 aliphatic heterocycles. The summed E-state index contributed by atoms with van der Waals surface area (Å²) in [4.78, 5) is 13.0. The van der Waals surface area contributed by atoms with Gasteiger partial charge < -0.3 is 4.74 Å². The fourth-order valence-corrected chi connectivity index (χ4v) is 6.08. The average Bonchev–Trinajstić information content (AvgIpc) is 3.13. The molecule has 0 saturated carbocycles. The Bertz CT molecular complexity index is 1630. The summed E-state index contributed by atoms with van der Waals surface area (Å²) in [5, 5.41) is 1.58. The van der Waals surface area contributed by atoms with Gasteiger partial charge in [-0.2, -0.15) is 8.78 Å². The summed E-state index contributed by atoms with van der Waals surface area (Å²) in [7, 11) is -3.69. The topological polar surface area (TPSA) is 87.7 Å². The van der Waals surface area contributed by atoms with Crippen LogP contribution in [0.5, 0.6) is 5.75 Å². The van der Waals surface area contributed by atoms with E-state index in [1.54, 1.807) is 67.6 Å². The Morgan fingerprint density at radius 3 is 2.24 bits per heavy atom. The van der Waals surface area contributed by atoms with Crippen LogP contribution in [0.4, 0.5) is 14.5 Å². The molecule has 1 amide bonds. The van der Waals surface area contributed by atoms with Gasteiger partial charge in [-0.05, 0) is 72.0 Å². The molecule has 2 N–H and O–H groups in total. The standard InChI is InChI=1S/C28H23F2N3O4S/c1-2-23(19-13-15-22(16-14-19)37-28(29)30)31-32-27(34)21-11-9-18(10-12-21)17-33-24-7-3-5-20-6-4-8-25(26(20)24)38(33,35)36/h2-16,28,31H,17H2,1H3,(H,32,34)/b23-2-. The number of hydrazine groups is 1. The molecule has 0 fully saturated rings. The second kappa shape index (κ2) is 10.1. The Hall–Kier alpha value is -4.44. The van der Waals surface area contributed by atoms with Crippen molar-refractivity contribution in [2.75, 3.05) is 4.31 Å². The van der Waals surface area contributed by atoms with Crippen molar-refractivity contribution in [2.24, 2.45) is 0 Å². The van der Waals surface area contributed by atoms with Crippen molar-refractivity contribution < 1.29 is 26.7 Å². The summed E-state index contributed by atoms with van der Waals surface area (Å²) in [6.07, 6.45) is 1.72. The van der Waals surface area contributed by atoms with Crippen LogP contribution in [-0.4, -0.2) is 20.9 Å². The zero-order valence-corrected chi connectivity index (χ0v) is 21.0. The third-order valence-corrected chi connectivity index (χ3v) is 8.02. The number of amides is 1. The third-order valence-electron chi connectivity index (χ3n) is 6.21. The van der Waals surface area contributed by atoms with E-state index in [4.69, 9.17) is 0 Å². The van der Waals surface area contributed by atoms with Gasteiger partial charge >= 0.3 is 6.61 Å². The Morgan fingerprint density at radius 1 is 0.921 bits per heavy atom. The van der Waals surface area contributed by atoms with Crippen molar-refractivity contribution >= 4 is 38.1 Å². The summed E-state index contributed by atoms with van der Waals surface area (Å²) >= 11 is 0. The number of carbonyl (C=O) groups is 1. The van der Waals surface area contributed by atoms with E-state index in [9.17, 15) is 22.0 Å². The number of alkyl halides is 2. The van der Waals surface area contributed by atoms with Crippen molar-refractivity contribution in [3.63, 3.8) is 0 Å². The zero-order chi connectivity index (χ0) is 26.9. The van der Waals surface area contributed by atoms with E-state index in [2.05, 4.69) is 15.6 Å². The molecule has 0 radical (unpaired) electrons. The minimum Gasteiger partial charge on any atom is -0.435 e. The van der Waals surface area contributed by atoms with E-state index in [-0.39, 0.29) is 12.3 Å². The lowest BCUT2D eigenvalue weighted by Gasteiger charge is -2.19. The first-order valence-corrected chi connectivity index (χ1v) is 13.1. The Balaban J connectivity index is 1.25. The van der Waals surface area contributed by atoms with Crippen LogP contribution in [0.25, 0.3) is 16.5 Å². The predicted molar refractivity (Wildman–Crippen MR) is 141 cm³/mol. The molecular formula is C28H23F2N3O4S. The number of allylic oxidation sites excluding steroid dienone is 1. The quantitative estimate of drug-likeness (QED) is 0.293. The molecular weight excluding hydrogens is 512 g/mol. The fourth-order valence-electron chi connectivity index (χ4n) is 4.38. The van der Waals surface area contributed by atoms with Crippen molar-refractivity contribution in [3.05, 3.63) is 108 Å². The third kappa shape index (κ3) is 4.78. The molecule has 0 bridgehead atoms. The minimum absolute atomic E-state index is 0.0330. The van der Waals surface area contributed by atoms with Crippen LogP contribution in [0, 0.1) is 0 Å².